The van der Waals surface area contributed by atoms with E-state index < -0.39 is 0 Å². The first-order valence-corrected chi connectivity index (χ1v) is 5.36. The first-order valence-electron chi connectivity index (χ1n) is 5.36. The van der Waals surface area contributed by atoms with E-state index in [2.05, 4.69) is 30.2 Å². The van der Waals surface area contributed by atoms with Gasteiger partial charge in [0.1, 0.15) is 0 Å². The molecule has 0 atom stereocenters. The Balaban J connectivity index is 2.37. The van der Waals surface area contributed by atoms with Gasteiger partial charge in [-0.2, -0.15) is 0 Å². The molecular weight excluding hydrogens is 202 g/mol. The van der Waals surface area contributed by atoms with Gasteiger partial charge in [-0.05, 0) is 26.2 Å². The molecule has 0 unspecified atom stereocenters. The van der Waals surface area contributed by atoms with E-state index in [4.69, 9.17) is 4.74 Å². The third-order valence-electron chi connectivity index (χ3n) is 2.58. The Morgan fingerprint density at radius 3 is 2.75 bits per heavy atom. The Bertz CT molecular complexity index is 476. The fourth-order valence-electron chi connectivity index (χ4n) is 1.71. The number of benzene rings is 1. The highest BCUT2D eigenvalue weighted by Crippen LogP contribution is 2.23. The van der Waals surface area contributed by atoms with Crippen LogP contribution in [0.2, 0.25) is 0 Å². The number of nitrogens with zero attached hydrogens (tertiary/aromatic N) is 3. The molecule has 16 heavy (non-hydrogen) atoms. The summed E-state index contributed by atoms with van der Waals surface area (Å²) in [5.74, 6) is 0.703. The molecule has 0 aliphatic carbocycles. The maximum absolute atomic E-state index is 5.27. The highest BCUT2D eigenvalue weighted by molar-refractivity contribution is 5.84. The summed E-state index contributed by atoms with van der Waals surface area (Å²) in [6, 6.07) is 8.13. The first-order chi connectivity index (χ1) is 7.72. The smallest absolute Gasteiger partial charge is 0.240 e. The summed E-state index contributed by atoms with van der Waals surface area (Å²) in [4.78, 5) is 2.14. The highest BCUT2D eigenvalue weighted by atomic mass is 16.5. The van der Waals surface area contributed by atoms with Crippen LogP contribution in [0.1, 0.15) is 0 Å². The second-order valence-electron chi connectivity index (χ2n) is 4.05. The lowest BCUT2D eigenvalue weighted by atomic mass is 10.2. The molecule has 2 aromatic rings. The quantitative estimate of drug-likeness (QED) is 0.782. The van der Waals surface area contributed by atoms with Gasteiger partial charge in [0, 0.05) is 6.54 Å². The summed E-state index contributed by atoms with van der Waals surface area (Å²) >= 11 is 0. The maximum Gasteiger partial charge on any atom is 0.240 e. The summed E-state index contributed by atoms with van der Waals surface area (Å²) in [6.45, 7) is 1.84. The number of hydrogen-bond acceptors (Lipinski definition) is 3. The molecule has 0 spiro atoms. The molecule has 0 aliphatic rings. The number of hydrogen-bond donors (Lipinski definition) is 0. The van der Waals surface area contributed by atoms with E-state index in [1.54, 1.807) is 7.11 Å². The molecule has 0 aliphatic heterocycles. The second-order valence-corrected chi connectivity index (χ2v) is 4.05. The zero-order valence-corrected chi connectivity index (χ0v) is 9.97. The molecule has 0 N–H and O–H groups in total. The van der Waals surface area contributed by atoms with E-state index in [0.717, 1.165) is 24.0 Å². The van der Waals surface area contributed by atoms with Crippen molar-refractivity contribution in [2.45, 2.75) is 6.54 Å². The van der Waals surface area contributed by atoms with E-state index >= 15 is 0 Å². The number of methoxy groups -OCH3 is 1. The van der Waals surface area contributed by atoms with Gasteiger partial charge in [0.15, 0.2) is 0 Å². The summed E-state index contributed by atoms with van der Waals surface area (Å²) in [7, 11) is 5.77. The number of rotatable bonds is 4. The Morgan fingerprint density at radius 2 is 2.06 bits per heavy atom. The van der Waals surface area contributed by atoms with E-state index in [9.17, 15) is 0 Å². The standard InChI is InChI=1S/C12H17N3O/c1-14(2)8-9-15-11-7-5-4-6-10(11)12(13-15)16-3/h4-7H,8-9H2,1-3H3. The molecule has 0 radical (unpaired) electrons. The minimum Gasteiger partial charge on any atom is -0.479 e. The van der Waals surface area contributed by atoms with E-state index in [1.807, 2.05) is 22.9 Å². The third kappa shape index (κ3) is 2.02. The van der Waals surface area contributed by atoms with Gasteiger partial charge in [-0.25, -0.2) is 0 Å². The SMILES string of the molecule is COc1nn(CCN(C)C)c2ccccc12. The van der Waals surface area contributed by atoms with Gasteiger partial charge >= 0.3 is 0 Å². The van der Waals surface area contributed by atoms with Gasteiger partial charge < -0.3 is 9.64 Å². The third-order valence-corrected chi connectivity index (χ3v) is 2.58. The first kappa shape index (κ1) is 11.0. The van der Waals surface area contributed by atoms with Crippen LogP contribution in [0, 0.1) is 0 Å². The Labute approximate surface area is 95.4 Å². The van der Waals surface area contributed by atoms with Gasteiger partial charge in [0.2, 0.25) is 5.88 Å². The number of para-hydroxylation sites is 1. The summed E-state index contributed by atoms with van der Waals surface area (Å²) in [6.07, 6.45) is 0. The molecule has 0 bridgehead atoms. The van der Waals surface area contributed by atoms with Crippen LogP contribution < -0.4 is 4.74 Å². The van der Waals surface area contributed by atoms with Crippen LogP contribution in [-0.4, -0.2) is 42.4 Å². The zero-order chi connectivity index (χ0) is 11.5. The fraction of sp³-hybridized carbons (Fsp3) is 0.417. The number of aromatic nitrogens is 2. The predicted octanol–water partition coefficient (Wildman–Crippen LogP) is 1.61. The van der Waals surface area contributed by atoms with E-state index in [1.165, 1.54) is 0 Å². The predicted molar refractivity (Wildman–Crippen MR) is 64.8 cm³/mol. The van der Waals surface area contributed by atoms with Crippen LogP contribution in [0.5, 0.6) is 5.88 Å². The van der Waals surface area contributed by atoms with Crippen LogP contribution in [0.25, 0.3) is 10.9 Å². The number of ether oxygens (including phenoxy) is 1. The fourth-order valence-corrected chi connectivity index (χ4v) is 1.71. The van der Waals surface area contributed by atoms with Crippen molar-refractivity contribution in [1.29, 1.82) is 0 Å². The summed E-state index contributed by atoms with van der Waals surface area (Å²) in [5.41, 5.74) is 1.13. The lowest BCUT2D eigenvalue weighted by Crippen LogP contribution is -2.18. The molecule has 1 aromatic carbocycles. The highest BCUT2D eigenvalue weighted by Gasteiger charge is 2.09. The van der Waals surface area contributed by atoms with Crippen molar-refractivity contribution in [3.63, 3.8) is 0 Å². The van der Waals surface area contributed by atoms with Crippen molar-refractivity contribution in [2.24, 2.45) is 0 Å². The largest absolute Gasteiger partial charge is 0.479 e. The van der Waals surface area contributed by atoms with Crippen LogP contribution in [0.4, 0.5) is 0 Å². The van der Waals surface area contributed by atoms with Crippen molar-refractivity contribution >= 4 is 10.9 Å². The Hall–Kier alpha value is -1.55. The van der Waals surface area contributed by atoms with Gasteiger partial charge in [0.25, 0.3) is 0 Å². The lowest BCUT2D eigenvalue weighted by Gasteiger charge is -2.09. The molecule has 0 saturated carbocycles. The lowest BCUT2D eigenvalue weighted by molar-refractivity contribution is 0.361. The average Bonchev–Trinajstić information content (AvgIpc) is 2.65. The topological polar surface area (TPSA) is 30.3 Å². The molecule has 1 aromatic heterocycles. The van der Waals surface area contributed by atoms with Crippen molar-refractivity contribution in [3.8, 4) is 5.88 Å². The molecule has 0 fully saturated rings. The summed E-state index contributed by atoms with van der Waals surface area (Å²) < 4.78 is 7.26. The number of likely N-dealkylation sites (N-methyl/N-ethyl adjacent to an activating group) is 1. The molecular formula is C12H17N3O. The zero-order valence-electron chi connectivity index (χ0n) is 9.97. The van der Waals surface area contributed by atoms with Gasteiger partial charge in [-0.3, -0.25) is 4.68 Å². The van der Waals surface area contributed by atoms with Gasteiger partial charge in [0.05, 0.1) is 24.6 Å². The average molecular weight is 219 g/mol. The van der Waals surface area contributed by atoms with Crippen molar-refractivity contribution in [3.05, 3.63) is 24.3 Å². The van der Waals surface area contributed by atoms with Gasteiger partial charge in [-0.1, -0.05) is 12.1 Å². The van der Waals surface area contributed by atoms with Crippen LogP contribution in [0.15, 0.2) is 24.3 Å². The second kappa shape index (κ2) is 4.53. The van der Waals surface area contributed by atoms with Crippen LogP contribution in [-0.2, 0) is 6.54 Å². The van der Waals surface area contributed by atoms with Crippen molar-refractivity contribution < 1.29 is 4.74 Å². The molecule has 0 amide bonds. The molecule has 1 heterocycles. The number of fused-ring (bicyclic) bond motifs is 1. The molecule has 4 nitrogen and oxygen atoms in total. The normalized spacial score (nSPS) is 11.2. The van der Waals surface area contributed by atoms with Crippen LogP contribution in [0.3, 0.4) is 0 Å². The minimum atomic E-state index is 0.703. The van der Waals surface area contributed by atoms with Crippen LogP contribution >= 0.6 is 0 Å². The maximum atomic E-state index is 5.27. The van der Waals surface area contributed by atoms with Crippen molar-refractivity contribution in [2.75, 3.05) is 27.7 Å². The summed E-state index contributed by atoms with van der Waals surface area (Å²) in [5, 5.41) is 5.52. The van der Waals surface area contributed by atoms with E-state index in [0.29, 0.717) is 5.88 Å². The molecule has 4 heteroatoms. The monoisotopic (exact) mass is 219 g/mol. The van der Waals surface area contributed by atoms with E-state index in [-0.39, 0.29) is 0 Å². The molecule has 86 valence electrons. The molecule has 2 rings (SSSR count). The van der Waals surface area contributed by atoms with Crippen molar-refractivity contribution in [1.82, 2.24) is 14.7 Å². The minimum absolute atomic E-state index is 0.703. The molecule has 0 saturated heterocycles. The Morgan fingerprint density at radius 1 is 1.31 bits per heavy atom. The Kier molecular flexibility index (Phi) is 3.10. The van der Waals surface area contributed by atoms with Gasteiger partial charge in [-0.15, -0.1) is 5.10 Å².